The number of anilines is 1. The van der Waals surface area contributed by atoms with Crippen molar-refractivity contribution in [2.45, 2.75) is 6.61 Å². The average Bonchev–Trinajstić information content (AvgIpc) is 2.87. The summed E-state index contributed by atoms with van der Waals surface area (Å²) in [5.74, 6) is -0.295. The van der Waals surface area contributed by atoms with Crippen LogP contribution in [0.25, 0.3) is 16.8 Å². The van der Waals surface area contributed by atoms with E-state index < -0.39 is 11.9 Å². The Morgan fingerprint density at radius 2 is 1.59 bits per heavy atom. The molecule has 0 fully saturated rings. The molecule has 0 bridgehead atoms. The molecule has 6 heteroatoms. The van der Waals surface area contributed by atoms with E-state index in [1.54, 1.807) is 6.08 Å². The molecule has 5 nitrogen and oxygen atoms in total. The molecule has 170 valence electrons. The third-order valence-electron chi connectivity index (χ3n) is 5.02. The second-order valence-electron chi connectivity index (χ2n) is 7.50. The molecule has 0 saturated carbocycles. The predicted octanol–water partition coefficient (Wildman–Crippen LogP) is 6.27. The Bertz CT molecular complexity index is 1310. The molecule has 1 N–H and O–H groups in total. The Morgan fingerprint density at radius 3 is 2.38 bits per heavy atom. The smallest absolute Gasteiger partial charge is 0.331 e. The van der Waals surface area contributed by atoms with Crippen molar-refractivity contribution in [1.82, 2.24) is 0 Å². The predicted molar refractivity (Wildman–Crippen MR) is 135 cm³/mol. The fourth-order valence-corrected chi connectivity index (χ4v) is 3.42. The highest BCUT2D eigenvalue weighted by Crippen LogP contribution is 2.23. The maximum absolute atomic E-state index is 12.2. The molecule has 0 heterocycles. The number of fused-ring (bicyclic) bond motifs is 1. The van der Waals surface area contributed by atoms with E-state index in [4.69, 9.17) is 21.1 Å². The molecule has 0 aliphatic carbocycles. The molecule has 4 aromatic rings. The number of nitrogens with one attached hydrogen (secondary N) is 1. The topological polar surface area (TPSA) is 64.6 Å². The zero-order valence-corrected chi connectivity index (χ0v) is 19.0. The number of hydrogen-bond acceptors (Lipinski definition) is 4. The fraction of sp³-hybridized carbons (Fsp3) is 0.0714. The second-order valence-corrected chi connectivity index (χ2v) is 7.94. The Labute approximate surface area is 202 Å². The Balaban J connectivity index is 1.24. The number of hydrogen-bond donors (Lipinski definition) is 1. The standard InChI is InChI=1S/C28H22ClNO4/c29-23-13-8-21(9-14-23)18-33-24-15-10-20(11-16-24)12-17-28(32)34-19-27(31)30-26-7-3-5-22-4-1-2-6-25(22)26/h1-17H,18-19H2,(H,30,31). The van der Waals surface area contributed by atoms with Crippen molar-refractivity contribution in [3.05, 3.63) is 113 Å². The normalized spacial score (nSPS) is 10.9. The summed E-state index contributed by atoms with van der Waals surface area (Å²) in [7, 11) is 0. The summed E-state index contributed by atoms with van der Waals surface area (Å²) in [4.78, 5) is 24.2. The van der Waals surface area contributed by atoms with Crippen LogP contribution in [0.2, 0.25) is 5.02 Å². The summed E-state index contributed by atoms with van der Waals surface area (Å²) in [6.45, 7) is 0.0589. The van der Waals surface area contributed by atoms with Crippen LogP contribution in [0.1, 0.15) is 11.1 Å². The lowest BCUT2D eigenvalue weighted by Crippen LogP contribution is -2.20. The number of rotatable bonds is 8. The third-order valence-corrected chi connectivity index (χ3v) is 5.27. The van der Waals surface area contributed by atoms with Gasteiger partial charge in [-0.05, 0) is 52.9 Å². The van der Waals surface area contributed by atoms with Gasteiger partial charge in [0.15, 0.2) is 6.61 Å². The van der Waals surface area contributed by atoms with E-state index in [1.807, 2.05) is 91.0 Å². The van der Waals surface area contributed by atoms with Crippen LogP contribution in [0.4, 0.5) is 5.69 Å². The number of benzene rings is 4. The lowest BCUT2D eigenvalue weighted by atomic mass is 10.1. The zero-order valence-electron chi connectivity index (χ0n) is 18.2. The van der Waals surface area contributed by atoms with Gasteiger partial charge >= 0.3 is 5.97 Å². The first-order chi connectivity index (χ1) is 16.6. The van der Waals surface area contributed by atoms with Crippen LogP contribution < -0.4 is 10.1 Å². The molecule has 0 unspecified atom stereocenters. The van der Waals surface area contributed by atoms with Crippen LogP contribution >= 0.6 is 11.6 Å². The van der Waals surface area contributed by atoms with Crippen LogP contribution in [0.5, 0.6) is 5.75 Å². The molecule has 34 heavy (non-hydrogen) atoms. The number of amides is 1. The van der Waals surface area contributed by atoms with E-state index >= 15 is 0 Å². The first-order valence-electron chi connectivity index (χ1n) is 10.7. The SMILES string of the molecule is O=C(COC(=O)C=Cc1ccc(OCc2ccc(Cl)cc2)cc1)Nc1cccc2ccccc12. The molecule has 0 atom stereocenters. The summed E-state index contributed by atoms with van der Waals surface area (Å²) in [5, 5.41) is 5.41. The second kappa shape index (κ2) is 11.2. The van der Waals surface area contributed by atoms with Crippen molar-refractivity contribution >= 4 is 46.0 Å². The number of esters is 1. The number of carbonyl (C=O) groups is 2. The van der Waals surface area contributed by atoms with Gasteiger partial charge in [0.25, 0.3) is 5.91 Å². The highest BCUT2D eigenvalue weighted by Gasteiger charge is 2.08. The molecule has 0 aromatic heterocycles. The van der Waals surface area contributed by atoms with E-state index in [2.05, 4.69) is 5.32 Å². The minimum atomic E-state index is -0.601. The summed E-state index contributed by atoms with van der Waals surface area (Å²) in [5.41, 5.74) is 2.49. The molecule has 4 aromatic carbocycles. The van der Waals surface area contributed by atoms with Crippen molar-refractivity contribution in [3.63, 3.8) is 0 Å². The van der Waals surface area contributed by atoms with Gasteiger partial charge in [0, 0.05) is 22.2 Å². The summed E-state index contributed by atoms with van der Waals surface area (Å²) in [6, 6.07) is 28.1. The van der Waals surface area contributed by atoms with Crippen LogP contribution in [-0.4, -0.2) is 18.5 Å². The minimum absolute atomic E-state index is 0.371. The van der Waals surface area contributed by atoms with Gasteiger partial charge in [-0.15, -0.1) is 0 Å². The highest BCUT2D eigenvalue weighted by molar-refractivity contribution is 6.30. The molecule has 0 aliphatic heterocycles. The first-order valence-corrected chi connectivity index (χ1v) is 11.0. The van der Waals surface area contributed by atoms with Gasteiger partial charge in [-0.3, -0.25) is 4.79 Å². The highest BCUT2D eigenvalue weighted by atomic mass is 35.5. The quantitative estimate of drug-likeness (QED) is 0.243. The van der Waals surface area contributed by atoms with Gasteiger partial charge in [-0.1, -0.05) is 72.3 Å². The molecule has 0 radical (unpaired) electrons. The Hall–Kier alpha value is -4.09. The zero-order chi connectivity index (χ0) is 23.8. The van der Waals surface area contributed by atoms with Crippen molar-refractivity contribution in [1.29, 1.82) is 0 Å². The molecule has 0 saturated heterocycles. The Kier molecular flexibility index (Phi) is 7.58. The summed E-state index contributed by atoms with van der Waals surface area (Å²) in [6.07, 6.45) is 2.91. The van der Waals surface area contributed by atoms with Crippen molar-refractivity contribution < 1.29 is 19.1 Å². The molecule has 0 aliphatic rings. The van der Waals surface area contributed by atoms with Crippen LogP contribution in [0.15, 0.2) is 97.1 Å². The van der Waals surface area contributed by atoms with E-state index in [9.17, 15) is 9.59 Å². The Morgan fingerprint density at radius 1 is 0.853 bits per heavy atom. The van der Waals surface area contributed by atoms with Gasteiger partial charge in [-0.2, -0.15) is 0 Å². The van der Waals surface area contributed by atoms with Crippen LogP contribution in [0.3, 0.4) is 0 Å². The average molecular weight is 472 g/mol. The lowest BCUT2D eigenvalue weighted by Gasteiger charge is -2.08. The summed E-state index contributed by atoms with van der Waals surface area (Å²) < 4.78 is 10.8. The number of carbonyl (C=O) groups excluding carboxylic acids is 2. The number of halogens is 1. The monoisotopic (exact) mass is 471 g/mol. The van der Waals surface area contributed by atoms with Crippen molar-refractivity contribution in [2.24, 2.45) is 0 Å². The van der Waals surface area contributed by atoms with Gasteiger partial charge in [0.05, 0.1) is 0 Å². The lowest BCUT2D eigenvalue weighted by molar-refractivity contribution is -0.142. The third kappa shape index (κ3) is 6.47. The van der Waals surface area contributed by atoms with Crippen molar-refractivity contribution in [2.75, 3.05) is 11.9 Å². The molecular formula is C28H22ClNO4. The van der Waals surface area contributed by atoms with Gasteiger partial charge in [-0.25, -0.2) is 4.79 Å². The maximum Gasteiger partial charge on any atom is 0.331 e. The van der Waals surface area contributed by atoms with Gasteiger partial charge < -0.3 is 14.8 Å². The van der Waals surface area contributed by atoms with E-state index in [0.717, 1.165) is 21.9 Å². The summed E-state index contributed by atoms with van der Waals surface area (Å²) >= 11 is 5.89. The molecule has 0 spiro atoms. The van der Waals surface area contributed by atoms with Crippen LogP contribution in [-0.2, 0) is 20.9 Å². The molecule has 1 amide bonds. The van der Waals surface area contributed by atoms with Crippen molar-refractivity contribution in [3.8, 4) is 5.75 Å². The van der Waals surface area contributed by atoms with Gasteiger partial charge in [0.1, 0.15) is 12.4 Å². The largest absolute Gasteiger partial charge is 0.489 e. The van der Waals surface area contributed by atoms with E-state index in [1.165, 1.54) is 6.08 Å². The first kappa shape index (κ1) is 23.1. The van der Waals surface area contributed by atoms with Gasteiger partial charge in [0.2, 0.25) is 0 Å². The molecular weight excluding hydrogens is 450 g/mol. The van der Waals surface area contributed by atoms with E-state index in [0.29, 0.717) is 23.1 Å². The fourth-order valence-electron chi connectivity index (χ4n) is 3.29. The minimum Gasteiger partial charge on any atom is -0.489 e. The van der Waals surface area contributed by atoms with E-state index in [-0.39, 0.29) is 6.61 Å². The maximum atomic E-state index is 12.2. The van der Waals surface area contributed by atoms with Crippen LogP contribution in [0, 0.1) is 0 Å². The molecule has 4 rings (SSSR count). The number of ether oxygens (including phenoxy) is 2.